The molecule has 4 aliphatic rings. The maximum atomic E-state index is 4.93. The van der Waals surface area contributed by atoms with Crippen molar-refractivity contribution >= 4 is 25.1 Å². The Balaban J connectivity index is 0.000000446. The molecule has 0 bridgehead atoms. The first kappa shape index (κ1) is 18.5. The Morgan fingerprint density at radius 3 is 2.36 bits per heavy atom. The molecule has 4 rings (SSSR count). The van der Waals surface area contributed by atoms with Crippen molar-refractivity contribution in [2.24, 2.45) is 23.7 Å². The molecular formula is C18H30Cl2SiZr. The summed E-state index contributed by atoms with van der Waals surface area (Å²) in [5, 5.41) is 0. The average molecular weight is 437 g/mol. The molecule has 0 aromatic heterocycles. The van der Waals surface area contributed by atoms with E-state index in [1.54, 1.807) is 12.8 Å². The standard InChI is InChI=1S/C18H30Si.2ClH.Zr/c1-19(2)17-9-5-7-13(17)10-11-15-12-14-6-3-4-8-16(14)18(15)19;;;/h7,12-18H,3-6,8-11H2,1-2H3;2*1H;/q-2;;;+4/p-2. The number of hydrogen-bond acceptors (Lipinski definition) is 0. The second kappa shape index (κ2) is 7.92. The maximum absolute atomic E-state index is 4.93. The van der Waals surface area contributed by atoms with Crippen molar-refractivity contribution in [2.45, 2.75) is 75.5 Å². The molecule has 6 atom stereocenters. The van der Waals surface area contributed by atoms with Gasteiger partial charge >= 0.3 is 37.9 Å². The summed E-state index contributed by atoms with van der Waals surface area (Å²) in [5.41, 5.74) is 2.29. The van der Waals surface area contributed by atoms with Gasteiger partial charge in [-0.25, -0.2) is 0 Å². The van der Waals surface area contributed by atoms with Crippen LogP contribution in [-0.2, 0) is 20.8 Å². The van der Waals surface area contributed by atoms with Crippen LogP contribution in [0.1, 0.15) is 51.4 Å². The summed E-state index contributed by atoms with van der Waals surface area (Å²) in [6.07, 6.45) is 17.8. The molecule has 0 radical (unpaired) electrons. The third-order valence-corrected chi connectivity index (χ3v) is 12.6. The Bertz CT molecular complexity index is 376. The molecule has 0 spiro atoms. The van der Waals surface area contributed by atoms with Gasteiger partial charge in [0.15, 0.2) is 0 Å². The zero-order valence-corrected chi connectivity index (χ0v) is 19.0. The molecule has 0 aromatic carbocycles. The van der Waals surface area contributed by atoms with E-state index in [-0.39, 0.29) is 0 Å². The molecule has 124 valence electrons. The van der Waals surface area contributed by atoms with Gasteiger partial charge in [0.25, 0.3) is 0 Å². The Morgan fingerprint density at radius 1 is 0.909 bits per heavy atom. The number of rotatable bonds is 0. The first-order chi connectivity index (χ1) is 10.6. The van der Waals surface area contributed by atoms with Crippen LogP contribution in [0.3, 0.4) is 0 Å². The molecule has 3 saturated carbocycles. The van der Waals surface area contributed by atoms with E-state index < -0.39 is 28.9 Å². The summed E-state index contributed by atoms with van der Waals surface area (Å²) < 4.78 is 0. The molecule has 1 aliphatic heterocycles. The fourth-order valence-corrected chi connectivity index (χ4v) is 12.5. The number of halogens is 2. The van der Waals surface area contributed by atoms with Gasteiger partial charge in [0.1, 0.15) is 0 Å². The second-order valence-electron chi connectivity index (χ2n) is 8.55. The van der Waals surface area contributed by atoms with Crippen LogP contribution in [0.25, 0.3) is 0 Å². The van der Waals surface area contributed by atoms with Crippen LogP contribution in [0.15, 0.2) is 0 Å². The number of fused-ring (bicyclic) bond motifs is 4. The van der Waals surface area contributed by atoms with Crippen molar-refractivity contribution < 1.29 is 20.8 Å². The summed E-state index contributed by atoms with van der Waals surface area (Å²) in [6, 6.07) is 0. The predicted molar refractivity (Wildman–Crippen MR) is 96.2 cm³/mol. The van der Waals surface area contributed by atoms with Gasteiger partial charge in [-0.2, -0.15) is 24.2 Å². The molecule has 4 heteroatoms. The predicted octanol–water partition coefficient (Wildman–Crippen LogP) is 6.86. The zero-order valence-electron chi connectivity index (χ0n) is 14.0. The van der Waals surface area contributed by atoms with Crippen LogP contribution in [0.2, 0.25) is 24.2 Å². The van der Waals surface area contributed by atoms with E-state index in [1.807, 2.05) is 0 Å². The molecule has 1 heterocycles. The fourth-order valence-electron chi connectivity index (χ4n) is 6.75. The normalized spacial score (nSPS) is 45.5. The summed E-state index contributed by atoms with van der Waals surface area (Å²) in [4.78, 5) is 0. The molecule has 4 fully saturated rings. The van der Waals surface area contributed by atoms with Gasteiger partial charge in [-0.1, -0.05) is 75.0 Å². The molecule has 3 aliphatic carbocycles. The van der Waals surface area contributed by atoms with Crippen LogP contribution < -0.4 is 0 Å². The average Bonchev–Trinajstić information content (AvgIpc) is 3.08. The molecule has 0 nitrogen and oxygen atoms in total. The van der Waals surface area contributed by atoms with Crippen LogP contribution in [-0.4, -0.2) is 8.07 Å². The van der Waals surface area contributed by atoms with Crippen molar-refractivity contribution in [1.29, 1.82) is 0 Å². The summed E-state index contributed by atoms with van der Waals surface area (Å²) in [6.45, 7) is 5.55. The van der Waals surface area contributed by atoms with E-state index in [0.717, 1.165) is 34.8 Å². The van der Waals surface area contributed by atoms with Crippen LogP contribution in [0.4, 0.5) is 0 Å². The molecule has 0 N–H and O–H groups in total. The molecule has 0 aromatic rings. The minimum atomic E-state index is -1.07. The van der Waals surface area contributed by atoms with Crippen LogP contribution in [0, 0.1) is 36.5 Å². The van der Waals surface area contributed by atoms with E-state index in [9.17, 15) is 0 Å². The van der Waals surface area contributed by atoms with Crippen molar-refractivity contribution in [2.75, 3.05) is 0 Å². The first-order valence-corrected chi connectivity index (χ1v) is 18.7. The van der Waals surface area contributed by atoms with Gasteiger partial charge in [0, 0.05) is 8.07 Å². The van der Waals surface area contributed by atoms with Gasteiger partial charge in [-0.15, -0.1) is 0 Å². The van der Waals surface area contributed by atoms with Gasteiger partial charge in [0.2, 0.25) is 0 Å². The SMILES string of the molecule is C[Si]1(C)C2CC[CH-]C2CCC2[CH-]C3CCCCC3C21.[Cl][Zr+2][Cl]. The second-order valence-corrected chi connectivity index (χ2v) is 17.3. The van der Waals surface area contributed by atoms with E-state index >= 15 is 0 Å². The Labute approximate surface area is 157 Å². The van der Waals surface area contributed by atoms with Gasteiger partial charge < -0.3 is 12.8 Å². The summed E-state index contributed by atoms with van der Waals surface area (Å²) in [5.74, 6) is 4.17. The number of hydrogen-bond donors (Lipinski definition) is 0. The van der Waals surface area contributed by atoms with E-state index in [2.05, 4.69) is 25.9 Å². The van der Waals surface area contributed by atoms with Crippen LogP contribution in [0.5, 0.6) is 0 Å². The summed E-state index contributed by atoms with van der Waals surface area (Å²) in [7, 11) is 8.80. The van der Waals surface area contributed by atoms with Gasteiger partial charge in [0.05, 0.1) is 0 Å². The van der Waals surface area contributed by atoms with Crippen molar-refractivity contribution in [3.05, 3.63) is 12.8 Å². The molecule has 6 unspecified atom stereocenters. The van der Waals surface area contributed by atoms with Gasteiger partial charge in [-0.3, -0.25) is 0 Å². The molecule has 0 amide bonds. The van der Waals surface area contributed by atoms with Crippen LogP contribution >= 0.6 is 17.0 Å². The molecule has 22 heavy (non-hydrogen) atoms. The third kappa shape index (κ3) is 3.47. The van der Waals surface area contributed by atoms with Crippen molar-refractivity contribution in [3.63, 3.8) is 0 Å². The quantitative estimate of drug-likeness (QED) is 0.287. The third-order valence-electron chi connectivity index (χ3n) is 7.40. The molecular weight excluding hydrogens is 406 g/mol. The minimum absolute atomic E-state index is 0.826. The Morgan fingerprint density at radius 2 is 1.59 bits per heavy atom. The van der Waals surface area contributed by atoms with E-state index in [4.69, 9.17) is 17.0 Å². The molecule has 1 saturated heterocycles. The van der Waals surface area contributed by atoms with Crippen molar-refractivity contribution in [1.82, 2.24) is 0 Å². The zero-order chi connectivity index (χ0) is 15.7. The van der Waals surface area contributed by atoms with Gasteiger partial charge in [-0.05, 0) is 0 Å². The van der Waals surface area contributed by atoms with Crippen molar-refractivity contribution in [3.8, 4) is 0 Å². The monoisotopic (exact) mass is 434 g/mol. The van der Waals surface area contributed by atoms with E-state index in [0.29, 0.717) is 0 Å². The fraction of sp³-hybridized carbons (Fsp3) is 0.889. The van der Waals surface area contributed by atoms with E-state index in [1.165, 1.54) is 38.5 Å². The Hall–Kier alpha value is 1.68. The first-order valence-electron chi connectivity index (χ1n) is 9.24. The topological polar surface area (TPSA) is 0 Å². The summed E-state index contributed by atoms with van der Waals surface area (Å²) >= 11 is -0.826. The Kier molecular flexibility index (Phi) is 6.65.